The molecule has 0 aliphatic heterocycles. The molecule has 0 spiro atoms. The van der Waals surface area contributed by atoms with E-state index in [0.29, 0.717) is 13.1 Å². The Morgan fingerprint density at radius 1 is 1.27 bits per heavy atom. The number of nitrogens with zero attached hydrogens (tertiary/aromatic N) is 5. The fraction of sp³-hybridized carbons (Fsp3) is 0.375. The Morgan fingerprint density at radius 2 is 2.15 bits per heavy atom. The third-order valence-corrected chi connectivity index (χ3v) is 4.42. The van der Waals surface area contributed by atoms with Gasteiger partial charge < -0.3 is 16.0 Å². The van der Waals surface area contributed by atoms with Gasteiger partial charge in [0.2, 0.25) is 0 Å². The average Bonchev–Trinajstić information content (AvgIpc) is 3.27. The predicted octanol–water partition coefficient (Wildman–Crippen LogP) is 2.21. The molecule has 0 unspecified atom stereocenters. The summed E-state index contributed by atoms with van der Waals surface area (Å²) in [6.07, 6.45) is 3.32. The van der Waals surface area contributed by atoms with E-state index in [1.807, 2.05) is 13.1 Å². The van der Waals surface area contributed by atoms with Crippen LogP contribution in [0.15, 0.2) is 35.0 Å². The average molecular weight is 486 g/mol. The SMILES string of the molecule is CCNC(=NCc1cccs1)NCCNc1ncnc2c1cnn2C.I. The number of nitrogens with one attached hydrogen (secondary N) is 3. The highest BCUT2D eigenvalue weighted by Gasteiger charge is 2.07. The molecular weight excluding hydrogens is 463 g/mol. The molecule has 3 N–H and O–H groups in total. The molecule has 0 aliphatic carbocycles. The smallest absolute Gasteiger partial charge is 0.191 e. The Balaban J connectivity index is 0.00000243. The second-order valence-corrected chi connectivity index (χ2v) is 6.39. The third-order valence-electron chi connectivity index (χ3n) is 3.56. The number of anilines is 1. The number of aromatic nitrogens is 4. The lowest BCUT2D eigenvalue weighted by Crippen LogP contribution is -2.39. The van der Waals surface area contributed by atoms with E-state index in [1.165, 1.54) is 4.88 Å². The van der Waals surface area contributed by atoms with Crippen LogP contribution in [-0.4, -0.2) is 45.3 Å². The lowest BCUT2D eigenvalue weighted by Gasteiger charge is -2.12. The molecule has 26 heavy (non-hydrogen) atoms. The molecule has 0 bridgehead atoms. The predicted molar refractivity (Wildman–Crippen MR) is 117 cm³/mol. The second kappa shape index (κ2) is 10.3. The van der Waals surface area contributed by atoms with Gasteiger partial charge in [-0.1, -0.05) is 6.07 Å². The molecule has 0 amide bonds. The van der Waals surface area contributed by atoms with Crippen LogP contribution in [0, 0.1) is 0 Å². The zero-order valence-corrected chi connectivity index (χ0v) is 17.9. The minimum absolute atomic E-state index is 0. The topological polar surface area (TPSA) is 92.1 Å². The first-order valence-electron chi connectivity index (χ1n) is 8.19. The maximum absolute atomic E-state index is 4.59. The monoisotopic (exact) mass is 486 g/mol. The zero-order valence-electron chi connectivity index (χ0n) is 14.8. The van der Waals surface area contributed by atoms with Crippen LogP contribution in [0.4, 0.5) is 5.82 Å². The molecule has 8 nitrogen and oxygen atoms in total. The van der Waals surface area contributed by atoms with Crippen molar-refractivity contribution >= 4 is 58.1 Å². The van der Waals surface area contributed by atoms with Crippen molar-refractivity contribution in [2.45, 2.75) is 13.5 Å². The lowest BCUT2D eigenvalue weighted by atomic mass is 10.4. The van der Waals surface area contributed by atoms with Gasteiger partial charge in [-0.05, 0) is 18.4 Å². The molecule has 3 rings (SSSR count). The first-order chi connectivity index (χ1) is 12.3. The summed E-state index contributed by atoms with van der Waals surface area (Å²) >= 11 is 1.71. The fourth-order valence-electron chi connectivity index (χ4n) is 2.37. The van der Waals surface area contributed by atoms with Crippen LogP contribution < -0.4 is 16.0 Å². The summed E-state index contributed by atoms with van der Waals surface area (Å²) < 4.78 is 1.74. The van der Waals surface area contributed by atoms with Gasteiger partial charge in [-0.3, -0.25) is 4.68 Å². The van der Waals surface area contributed by atoms with Gasteiger partial charge in [-0.25, -0.2) is 15.0 Å². The van der Waals surface area contributed by atoms with Crippen molar-refractivity contribution in [1.82, 2.24) is 30.4 Å². The van der Waals surface area contributed by atoms with Gasteiger partial charge in [-0.2, -0.15) is 5.10 Å². The second-order valence-electron chi connectivity index (χ2n) is 5.36. The minimum Gasteiger partial charge on any atom is -0.368 e. The highest BCUT2D eigenvalue weighted by molar-refractivity contribution is 14.0. The number of fused-ring (bicyclic) bond motifs is 1. The van der Waals surface area contributed by atoms with Crippen molar-refractivity contribution in [3.8, 4) is 0 Å². The molecule has 0 saturated heterocycles. The number of aryl methyl sites for hydroxylation is 1. The van der Waals surface area contributed by atoms with Crippen LogP contribution in [-0.2, 0) is 13.6 Å². The molecule has 10 heteroatoms. The van der Waals surface area contributed by atoms with Gasteiger partial charge in [0.05, 0.1) is 18.1 Å². The molecule has 0 aromatic carbocycles. The van der Waals surface area contributed by atoms with Crippen LogP contribution in [0.25, 0.3) is 11.0 Å². The number of rotatable bonds is 7. The summed E-state index contributed by atoms with van der Waals surface area (Å²) in [5, 5.41) is 17.1. The lowest BCUT2D eigenvalue weighted by molar-refractivity contribution is 0.785. The van der Waals surface area contributed by atoms with Gasteiger partial charge >= 0.3 is 0 Å². The third kappa shape index (κ3) is 5.27. The van der Waals surface area contributed by atoms with E-state index in [-0.39, 0.29) is 24.0 Å². The Labute approximate surface area is 173 Å². The standard InChI is InChI=1S/C16H22N8S.HI/c1-3-17-16(20-9-12-5-4-8-25-12)19-7-6-18-14-13-10-23-24(2)15(13)22-11-21-14;/h4-5,8,10-11H,3,6-7,9H2,1-2H3,(H2,17,19,20)(H,18,21,22);1H. The van der Waals surface area contributed by atoms with Crippen molar-refractivity contribution in [3.05, 3.63) is 34.9 Å². The van der Waals surface area contributed by atoms with E-state index >= 15 is 0 Å². The van der Waals surface area contributed by atoms with Crippen molar-refractivity contribution in [1.29, 1.82) is 0 Å². The number of aliphatic imine (C=N–C) groups is 1. The molecule has 3 aromatic heterocycles. The molecule has 0 radical (unpaired) electrons. The van der Waals surface area contributed by atoms with Gasteiger partial charge in [-0.15, -0.1) is 35.3 Å². The van der Waals surface area contributed by atoms with Crippen molar-refractivity contribution in [2.24, 2.45) is 12.0 Å². The van der Waals surface area contributed by atoms with Crippen LogP contribution in [0.1, 0.15) is 11.8 Å². The van der Waals surface area contributed by atoms with Crippen molar-refractivity contribution < 1.29 is 0 Å². The molecule has 3 heterocycles. The number of guanidine groups is 1. The molecule has 3 aromatic rings. The Bertz CT molecular complexity index is 830. The minimum atomic E-state index is 0. The molecule has 0 atom stereocenters. The van der Waals surface area contributed by atoms with E-state index in [1.54, 1.807) is 28.5 Å². The van der Waals surface area contributed by atoms with E-state index in [2.05, 4.69) is 54.4 Å². The molecular formula is C16H23IN8S. The number of hydrogen-bond donors (Lipinski definition) is 3. The number of hydrogen-bond acceptors (Lipinski definition) is 6. The molecule has 0 aliphatic rings. The highest BCUT2D eigenvalue weighted by Crippen LogP contribution is 2.17. The summed E-state index contributed by atoms with van der Waals surface area (Å²) in [4.78, 5) is 14.4. The Hall–Kier alpha value is -1.95. The highest BCUT2D eigenvalue weighted by atomic mass is 127. The van der Waals surface area contributed by atoms with Crippen molar-refractivity contribution in [2.75, 3.05) is 25.0 Å². The quantitative estimate of drug-likeness (QED) is 0.205. The zero-order chi connectivity index (χ0) is 17.5. The maximum atomic E-state index is 4.59. The Morgan fingerprint density at radius 3 is 2.92 bits per heavy atom. The summed E-state index contributed by atoms with van der Waals surface area (Å²) in [5.74, 6) is 1.60. The normalized spacial score (nSPS) is 11.2. The molecule has 0 saturated carbocycles. The molecule has 0 fully saturated rings. The fourth-order valence-corrected chi connectivity index (χ4v) is 2.99. The van der Waals surface area contributed by atoms with E-state index < -0.39 is 0 Å². The Kier molecular flexibility index (Phi) is 8.04. The first-order valence-corrected chi connectivity index (χ1v) is 9.07. The summed E-state index contributed by atoms with van der Waals surface area (Å²) in [7, 11) is 1.87. The van der Waals surface area contributed by atoms with Crippen LogP contribution in [0.2, 0.25) is 0 Å². The van der Waals surface area contributed by atoms with E-state index in [4.69, 9.17) is 0 Å². The van der Waals surface area contributed by atoms with E-state index in [9.17, 15) is 0 Å². The van der Waals surface area contributed by atoms with Gasteiger partial charge in [0.15, 0.2) is 11.6 Å². The van der Waals surface area contributed by atoms with E-state index in [0.717, 1.165) is 35.9 Å². The first kappa shape index (κ1) is 20.4. The van der Waals surface area contributed by atoms with Gasteiger partial charge in [0.25, 0.3) is 0 Å². The maximum Gasteiger partial charge on any atom is 0.191 e. The largest absolute Gasteiger partial charge is 0.368 e. The van der Waals surface area contributed by atoms with Gasteiger partial charge in [0.1, 0.15) is 12.1 Å². The van der Waals surface area contributed by atoms with Crippen LogP contribution in [0.5, 0.6) is 0 Å². The molecule has 140 valence electrons. The number of thiophene rings is 1. The summed E-state index contributed by atoms with van der Waals surface area (Å²) in [6.45, 7) is 5.00. The van der Waals surface area contributed by atoms with Crippen molar-refractivity contribution in [3.63, 3.8) is 0 Å². The van der Waals surface area contributed by atoms with Gasteiger partial charge in [0, 0.05) is 31.6 Å². The summed E-state index contributed by atoms with van der Waals surface area (Å²) in [6, 6.07) is 4.13. The number of halogens is 1. The van der Waals surface area contributed by atoms with Crippen LogP contribution in [0.3, 0.4) is 0 Å². The van der Waals surface area contributed by atoms with Crippen LogP contribution >= 0.6 is 35.3 Å². The summed E-state index contributed by atoms with van der Waals surface area (Å²) in [5.41, 5.74) is 0.816.